The highest BCUT2D eigenvalue weighted by molar-refractivity contribution is 5.94. The van der Waals surface area contributed by atoms with Crippen LogP contribution in [0.5, 0.6) is 0 Å². The monoisotopic (exact) mass is 297 g/mol. The Labute approximate surface area is 132 Å². The van der Waals surface area contributed by atoms with E-state index in [1.54, 1.807) is 12.3 Å². The van der Waals surface area contributed by atoms with Gasteiger partial charge in [0.2, 0.25) is 0 Å². The predicted molar refractivity (Wildman–Crippen MR) is 90.2 cm³/mol. The molecule has 1 aromatic heterocycles. The third-order valence-electron chi connectivity index (χ3n) is 3.28. The van der Waals surface area contributed by atoms with Gasteiger partial charge in [-0.25, -0.2) is 4.98 Å². The number of carbonyl (C=O) groups is 1. The Bertz CT molecular complexity index is 603. The predicted octanol–water partition coefficient (Wildman–Crippen LogP) is 3.18. The van der Waals surface area contributed by atoms with E-state index in [-0.39, 0.29) is 5.91 Å². The lowest BCUT2D eigenvalue weighted by atomic mass is 10.1. The van der Waals surface area contributed by atoms with E-state index >= 15 is 0 Å². The number of benzene rings is 1. The van der Waals surface area contributed by atoms with E-state index in [2.05, 4.69) is 46.8 Å². The number of hydrogen-bond acceptors (Lipinski definition) is 3. The first-order valence-corrected chi connectivity index (χ1v) is 7.61. The molecule has 0 saturated carbocycles. The number of amides is 1. The average molecular weight is 297 g/mol. The van der Waals surface area contributed by atoms with Crippen LogP contribution in [0.3, 0.4) is 0 Å². The molecule has 1 amide bonds. The fourth-order valence-corrected chi connectivity index (χ4v) is 2.09. The fraction of sp³-hybridized carbons (Fsp3) is 0.333. The van der Waals surface area contributed by atoms with Crippen LogP contribution in [0.1, 0.15) is 35.3 Å². The summed E-state index contributed by atoms with van der Waals surface area (Å²) < 4.78 is 0. The van der Waals surface area contributed by atoms with Gasteiger partial charge < -0.3 is 10.6 Å². The molecule has 0 saturated heterocycles. The molecule has 0 radical (unpaired) electrons. The van der Waals surface area contributed by atoms with E-state index < -0.39 is 0 Å². The van der Waals surface area contributed by atoms with E-state index in [9.17, 15) is 4.79 Å². The summed E-state index contributed by atoms with van der Waals surface area (Å²) in [6.07, 6.45) is 2.43. The van der Waals surface area contributed by atoms with Crippen LogP contribution >= 0.6 is 0 Å². The maximum absolute atomic E-state index is 12.1. The second kappa shape index (κ2) is 7.59. The number of hydrogen-bond donors (Lipinski definition) is 2. The van der Waals surface area contributed by atoms with Crippen molar-refractivity contribution in [3.05, 3.63) is 59.3 Å². The zero-order valence-electron chi connectivity index (χ0n) is 13.4. The van der Waals surface area contributed by atoms with Gasteiger partial charge in [0, 0.05) is 18.8 Å². The van der Waals surface area contributed by atoms with Crippen molar-refractivity contribution in [2.24, 2.45) is 0 Å². The van der Waals surface area contributed by atoms with Crippen molar-refractivity contribution in [1.82, 2.24) is 10.3 Å². The number of nitrogens with zero attached hydrogens (tertiary/aromatic N) is 1. The standard InChI is InChI=1S/C18H23N3O/c1-13(2)21-17-9-8-16(12-20-17)18(22)19-11-10-15-6-4-14(3)5-7-15/h4-9,12-13H,10-11H2,1-3H3,(H,19,22)(H,20,21). The van der Waals surface area contributed by atoms with Crippen LogP contribution in [0, 0.1) is 6.92 Å². The molecule has 0 spiro atoms. The Hall–Kier alpha value is -2.36. The molecule has 0 aliphatic heterocycles. The molecular weight excluding hydrogens is 274 g/mol. The Morgan fingerprint density at radius 1 is 1.14 bits per heavy atom. The lowest BCUT2D eigenvalue weighted by Gasteiger charge is -2.09. The van der Waals surface area contributed by atoms with E-state index in [0.29, 0.717) is 18.2 Å². The third kappa shape index (κ3) is 4.88. The Morgan fingerprint density at radius 2 is 1.86 bits per heavy atom. The molecule has 0 aliphatic rings. The number of nitrogens with one attached hydrogen (secondary N) is 2. The zero-order chi connectivity index (χ0) is 15.9. The summed E-state index contributed by atoms with van der Waals surface area (Å²) in [5.74, 6) is 0.696. The minimum absolute atomic E-state index is 0.0873. The van der Waals surface area contributed by atoms with Crippen LogP contribution in [0.2, 0.25) is 0 Å². The third-order valence-corrected chi connectivity index (χ3v) is 3.28. The van der Waals surface area contributed by atoms with Crippen molar-refractivity contribution in [2.45, 2.75) is 33.2 Å². The van der Waals surface area contributed by atoms with Gasteiger partial charge in [-0.1, -0.05) is 29.8 Å². The molecule has 1 aromatic carbocycles. The Morgan fingerprint density at radius 3 is 2.45 bits per heavy atom. The smallest absolute Gasteiger partial charge is 0.252 e. The SMILES string of the molecule is Cc1ccc(CCNC(=O)c2ccc(NC(C)C)nc2)cc1. The molecule has 0 fully saturated rings. The van der Waals surface area contributed by atoms with E-state index in [1.807, 2.05) is 19.9 Å². The summed E-state index contributed by atoms with van der Waals surface area (Å²) in [7, 11) is 0. The van der Waals surface area contributed by atoms with Gasteiger partial charge in [0.15, 0.2) is 0 Å². The second-order valence-electron chi connectivity index (χ2n) is 5.72. The molecule has 0 bridgehead atoms. The number of anilines is 1. The Balaban J connectivity index is 1.83. The van der Waals surface area contributed by atoms with Crippen molar-refractivity contribution in [1.29, 1.82) is 0 Å². The molecule has 1 heterocycles. The fourth-order valence-electron chi connectivity index (χ4n) is 2.09. The minimum Gasteiger partial charge on any atom is -0.368 e. The van der Waals surface area contributed by atoms with Gasteiger partial charge in [-0.05, 0) is 44.9 Å². The highest BCUT2D eigenvalue weighted by Crippen LogP contribution is 2.07. The molecule has 2 N–H and O–H groups in total. The van der Waals surface area contributed by atoms with Gasteiger partial charge in [0.25, 0.3) is 5.91 Å². The summed E-state index contributed by atoms with van der Waals surface area (Å²) in [5, 5.41) is 6.12. The molecule has 2 rings (SSSR count). The lowest BCUT2D eigenvalue weighted by molar-refractivity contribution is 0.0954. The second-order valence-corrected chi connectivity index (χ2v) is 5.72. The topological polar surface area (TPSA) is 54.0 Å². The van der Waals surface area contributed by atoms with Crippen LogP contribution in [0.15, 0.2) is 42.6 Å². The summed E-state index contributed by atoms with van der Waals surface area (Å²) in [6.45, 7) is 6.78. The lowest BCUT2D eigenvalue weighted by Crippen LogP contribution is -2.25. The van der Waals surface area contributed by atoms with Gasteiger partial charge in [-0.2, -0.15) is 0 Å². The van der Waals surface area contributed by atoms with Gasteiger partial charge in [-0.15, -0.1) is 0 Å². The van der Waals surface area contributed by atoms with Crippen LogP contribution in [0.4, 0.5) is 5.82 Å². The molecule has 0 atom stereocenters. The molecular formula is C18H23N3O. The zero-order valence-corrected chi connectivity index (χ0v) is 13.4. The van der Waals surface area contributed by atoms with Gasteiger partial charge in [0.05, 0.1) is 5.56 Å². The van der Waals surface area contributed by atoms with Crippen molar-refractivity contribution in [3.8, 4) is 0 Å². The molecule has 0 unspecified atom stereocenters. The van der Waals surface area contributed by atoms with Gasteiger partial charge in [-0.3, -0.25) is 4.79 Å². The summed E-state index contributed by atoms with van der Waals surface area (Å²) in [6, 6.07) is 12.3. The van der Waals surface area contributed by atoms with Gasteiger partial charge >= 0.3 is 0 Å². The van der Waals surface area contributed by atoms with E-state index in [1.165, 1.54) is 11.1 Å². The number of carbonyl (C=O) groups excluding carboxylic acids is 1. The number of aryl methyl sites for hydroxylation is 1. The summed E-state index contributed by atoms with van der Waals surface area (Å²) in [5.41, 5.74) is 3.05. The van der Waals surface area contributed by atoms with Gasteiger partial charge in [0.1, 0.15) is 5.82 Å². The summed E-state index contributed by atoms with van der Waals surface area (Å²) >= 11 is 0. The van der Waals surface area contributed by atoms with Crippen LogP contribution in [-0.4, -0.2) is 23.5 Å². The van der Waals surface area contributed by atoms with E-state index in [4.69, 9.17) is 0 Å². The molecule has 2 aromatic rings. The van der Waals surface area contributed by atoms with Crippen molar-refractivity contribution in [3.63, 3.8) is 0 Å². The first-order chi connectivity index (χ1) is 10.5. The van der Waals surface area contributed by atoms with Crippen LogP contribution in [-0.2, 0) is 6.42 Å². The van der Waals surface area contributed by atoms with Crippen molar-refractivity contribution < 1.29 is 4.79 Å². The summed E-state index contributed by atoms with van der Waals surface area (Å²) in [4.78, 5) is 16.3. The maximum Gasteiger partial charge on any atom is 0.252 e. The molecule has 0 aliphatic carbocycles. The largest absolute Gasteiger partial charge is 0.368 e. The maximum atomic E-state index is 12.1. The van der Waals surface area contributed by atoms with Crippen molar-refractivity contribution >= 4 is 11.7 Å². The highest BCUT2D eigenvalue weighted by atomic mass is 16.1. The number of pyridine rings is 1. The molecule has 116 valence electrons. The average Bonchev–Trinajstić information content (AvgIpc) is 2.49. The van der Waals surface area contributed by atoms with Crippen LogP contribution in [0.25, 0.3) is 0 Å². The number of rotatable bonds is 6. The first kappa shape index (κ1) is 16.0. The minimum atomic E-state index is -0.0873. The molecule has 4 heteroatoms. The van der Waals surface area contributed by atoms with Crippen LogP contribution < -0.4 is 10.6 Å². The first-order valence-electron chi connectivity index (χ1n) is 7.61. The number of aromatic nitrogens is 1. The highest BCUT2D eigenvalue weighted by Gasteiger charge is 2.06. The van der Waals surface area contributed by atoms with Crippen molar-refractivity contribution in [2.75, 3.05) is 11.9 Å². The molecule has 22 heavy (non-hydrogen) atoms. The molecule has 4 nitrogen and oxygen atoms in total. The normalized spacial score (nSPS) is 10.5. The van der Waals surface area contributed by atoms with E-state index in [0.717, 1.165) is 12.2 Å². The Kier molecular flexibility index (Phi) is 5.53. The quantitative estimate of drug-likeness (QED) is 0.861.